The van der Waals surface area contributed by atoms with Crippen LogP contribution in [0.1, 0.15) is 58.2 Å². The van der Waals surface area contributed by atoms with Gasteiger partial charge in [-0.05, 0) is 38.7 Å². The molecule has 0 spiro atoms. The summed E-state index contributed by atoms with van der Waals surface area (Å²) >= 11 is 6.24. The molecule has 0 aliphatic heterocycles. The molecule has 19 heavy (non-hydrogen) atoms. The van der Waals surface area contributed by atoms with Crippen molar-refractivity contribution in [2.45, 2.75) is 64.6 Å². The Labute approximate surface area is 121 Å². The van der Waals surface area contributed by atoms with Gasteiger partial charge in [0.05, 0.1) is 5.69 Å². The predicted molar refractivity (Wildman–Crippen MR) is 80.5 cm³/mol. The van der Waals surface area contributed by atoms with E-state index < -0.39 is 0 Å². The fourth-order valence-electron chi connectivity index (χ4n) is 3.03. The first-order valence-corrected chi connectivity index (χ1v) is 7.93. The summed E-state index contributed by atoms with van der Waals surface area (Å²) in [7, 11) is 0. The van der Waals surface area contributed by atoms with Gasteiger partial charge in [-0.15, -0.1) is 11.6 Å². The van der Waals surface area contributed by atoms with Crippen molar-refractivity contribution in [3.63, 3.8) is 0 Å². The van der Waals surface area contributed by atoms with Crippen LogP contribution in [-0.2, 0) is 6.54 Å². The Balaban J connectivity index is 1.95. The van der Waals surface area contributed by atoms with Gasteiger partial charge >= 0.3 is 0 Å². The molecule has 3 nitrogen and oxygen atoms in total. The van der Waals surface area contributed by atoms with Gasteiger partial charge in [-0.2, -0.15) is 5.10 Å². The average molecular weight is 284 g/mol. The van der Waals surface area contributed by atoms with Crippen LogP contribution in [-0.4, -0.2) is 21.2 Å². The number of nitrogens with one attached hydrogen (secondary N) is 1. The zero-order chi connectivity index (χ0) is 13.9. The van der Waals surface area contributed by atoms with E-state index in [9.17, 15) is 0 Å². The molecule has 2 atom stereocenters. The van der Waals surface area contributed by atoms with Crippen LogP contribution in [0.25, 0.3) is 0 Å². The van der Waals surface area contributed by atoms with Crippen molar-refractivity contribution >= 4 is 11.6 Å². The fraction of sp³-hybridized carbons (Fsp3) is 0.800. The maximum Gasteiger partial charge on any atom is 0.0762 e. The fourth-order valence-corrected chi connectivity index (χ4v) is 3.36. The van der Waals surface area contributed by atoms with Crippen LogP contribution in [0.15, 0.2) is 12.3 Å². The van der Waals surface area contributed by atoms with Crippen molar-refractivity contribution in [3.05, 3.63) is 18.0 Å². The summed E-state index contributed by atoms with van der Waals surface area (Å²) in [4.78, 5) is 0. The van der Waals surface area contributed by atoms with E-state index in [0.29, 0.717) is 11.9 Å². The third kappa shape index (κ3) is 3.73. The van der Waals surface area contributed by atoms with E-state index in [1.54, 1.807) is 0 Å². The number of aromatic nitrogens is 2. The number of alkyl halides is 1. The number of rotatable bonds is 5. The van der Waals surface area contributed by atoms with Crippen LogP contribution < -0.4 is 5.32 Å². The molecular weight excluding hydrogens is 258 g/mol. The van der Waals surface area contributed by atoms with Gasteiger partial charge in [0.25, 0.3) is 0 Å². The highest BCUT2D eigenvalue weighted by Crippen LogP contribution is 2.33. The lowest BCUT2D eigenvalue weighted by Crippen LogP contribution is -2.49. The summed E-state index contributed by atoms with van der Waals surface area (Å²) in [6, 6.07) is 2.52. The molecule has 0 amide bonds. The summed E-state index contributed by atoms with van der Waals surface area (Å²) in [5.41, 5.74) is 1.22. The molecule has 1 aliphatic carbocycles. The van der Waals surface area contributed by atoms with Crippen LogP contribution in [0.5, 0.6) is 0 Å². The lowest BCUT2D eigenvalue weighted by Gasteiger charge is -2.39. The minimum absolute atomic E-state index is 0.112. The van der Waals surface area contributed by atoms with E-state index in [4.69, 9.17) is 11.6 Å². The Morgan fingerprint density at radius 2 is 2.37 bits per heavy atom. The van der Waals surface area contributed by atoms with Crippen LogP contribution in [0.4, 0.5) is 0 Å². The Morgan fingerprint density at radius 3 is 2.95 bits per heavy atom. The van der Waals surface area contributed by atoms with Gasteiger partial charge in [-0.1, -0.05) is 19.8 Å². The molecule has 1 heterocycles. The van der Waals surface area contributed by atoms with Gasteiger partial charge in [0, 0.05) is 30.2 Å². The van der Waals surface area contributed by atoms with Crippen molar-refractivity contribution in [1.82, 2.24) is 15.1 Å². The van der Waals surface area contributed by atoms with Crippen molar-refractivity contribution in [2.75, 3.05) is 5.88 Å². The zero-order valence-electron chi connectivity index (χ0n) is 12.3. The van der Waals surface area contributed by atoms with Gasteiger partial charge < -0.3 is 5.32 Å². The van der Waals surface area contributed by atoms with Crippen molar-refractivity contribution in [3.8, 4) is 0 Å². The van der Waals surface area contributed by atoms with Gasteiger partial charge in [-0.25, -0.2) is 0 Å². The van der Waals surface area contributed by atoms with E-state index in [1.165, 1.54) is 25.7 Å². The van der Waals surface area contributed by atoms with E-state index in [1.807, 2.05) is 4.68 Å². The zero-order valence-corrected chi connectivity index (χ0v) is 13.1. The standard InChI is InChI=1S/C15H26ClN3/c1-12(2)19-8-6-14(18-19)10-17-15(11-16)7-4-5-13(3)9-15/h6,8,12-13,17H,4-5,7,9-11H2,1-3H3. The number of hydrogen-bond donors (Lipinski definition) is 1. The molecule has 4 heteroatoms. The predicted octanol–water partition coefficient (Wildman–Crippen LogP) is 3.74. The van der Waals surface area contributed by atoms with Gasteiger partial charge in [-0.3, -0.25) is 4.68 Å². The molecule has 1 aliphatic rings. The number of halogens is 1. The summed E-state index contributed by atoms with van der Waals surface area (Å²) in [6.07, 6.45) is 7.04. The van der Waals surface area contributed by atoms with E-state index in [0.717, 1.165) is 18.2 Å². The normalized spacial score (nSPS) is 27.9. The highest BCUT2D eigenvalue weighted by atomic mass is 35.5. The molecule has 0 bridgehead atoms. The molecule has 1 N–H and O–H groups in total. The Bertz CT molecular complexity index is 402. The minimum atomic E-state index is 0.112. The SMILES string of the molecule is CC1CCCC(CCl)(NCc2ccn(C(C)C)n2)C1. The molecule has 1 fully saturated rings. The maximum absolute atomic E-state index is 6.24. The highest BCUT2D eigenvalue weighted by molar-refractivity contribution is 6.18. The molecular formula is C15H26ClN3. The lowest BCUT2D eigenvalue weighted by molar-refractivity contribution is 0.207. The Kier molecular flexibility index (Phi) is 4.91. The van der Waals surface area contributed by atoms with Gasteiger partial charge in [0.2, 0.25) is 0 Å². The largest absolute Gasteiger partial charge is 0.304 e. The number of hydrogen-bond acceptors (Lipinski definition) is 2. The molecule has 2 unspecified atom stereocenters. The van der Waals surface area contributed by atoms with Crippen LogP contribution in [0, 0.1) is 5.92 Å². The summed E-state index contributed by atoms with van der Waals surface area (Å²) in [6.45, 7) is 7.44. The third-order valence-electron chi connectivity index (χ3n) is 4.18. The third-order valence-corrected chi connectivity index (χ3v) is 4.70. The van der Waals surface area contributed by atoms with E-state index in [2.05, 4.69) is 43.4 Å². The van der Waals surface area contributed by atoms with Gasteiger partial charge in [0.15, 0.2) is 0 Å². The monoisotopic (exact) mass is 283 g/mol. The topological polar surface area (TPSA) is 29.9 Å². The molecule has 0 saturated heterocycles. The van der Waals surface area contributed by atoms with Crippen LogP contribution in [0.3, 0.4) is 0 Å². The van der Waals surface area contributed by atoms with E-state index >= 15 is 0 Å². The van der Waals surface area contributed by atoms with Crippen molar-refractivity contribution < 1.29 is 0 Å². The summed E-state index contributed by atoms with van der Waals surface area (Å²) < 4.78 is 2.01. The van der Waals surface area contributed by atoms with Crippen LogP contribution >= 0.6 is 11.6 Å². The first-order valence-electron chi connectivity index (χ1n) is 7.40. The molecule has 108 valence electrons. The van der Waals surface area contributed by atoms with Crippen LogP contribution in [0.2, 0.25) is 0 Å². The Morgan fingerprint density at radius 1 is 1.58 bits per heavy atom. The molecule has 1 saturated carbocycles. The second kappa shape index (κ2) is 6.27. The molecule has 1 aromatic rings. The molecule has 2 rings (SSSR count). The lowest BCUT2D eigenvalue weighted by atomic mass is 9.77. The maximum atomic E-state index is 6.24. The minimum Gasteiger partial charge on any atom is -0.304 e. The molecule has 1 aromatic heterocycles. The first kappa shape index (κ1) is 14.9. The van der Waals surface area contributed by atoms with Crippen molar-refractivity contribution in [2.24, 2.45) is 5.92 Å². The molecule has 0 radical (unpaired) electrons. The summed E-state index contributed by atoms with van der Waals surface area (Å²) in [5, 5.41) is 8.27. The van der Waals surface area contributed by atoms with Gasteiger partial charge in [0.1, 0.15) is 0 Å². The summed E-state index contributed by atoms with van der Waals surface area (Å²) in [5.74, 6) is 1.47. The Hall–Kier alpha value is -0.540. The quantitative estimate of drug-likeness (QED) is 0.834. The number of nitrogens with zero attached hydrogens (tertiary/aromatic N) is 2. The van der Waals surface area contributed by atoms with Crippen molar-refractivity contribution in [1.29, 1.82) is 0 Å². The first-order chi connectivity index (χ1) is 9.04. The average Bonchev–Trinajstić information content (AvgIpc) is 2.85. The van der Waals surface area contributed by atoms with E-state index in [-0.39, 0.29) is 5.54 Å². The second-order valence-corrected chi connectivity index (χ2v) is 6.62. The highest BCUT2D eigenvalue weighted by Gasteiger charge is 2.33. The smallest absolute Gasteiger partial charge is 0.0762 e. The second-order valence-electron chi connectivity index (χ2n) is 6.35. The molecule has 0 aromatic carbocycles.